The predicted octanol–water partition coefficient (Wildman–Crippen LogP) is 5.24. The molecule has 0 heterocycles. The summed E-state index contributed by atoms with van der Waals surface area (Å²) in [4.78, 5) is 23.2. The average molecular weight is 424 g/mol. The number of benzene rings is 2. The first kappa shape index (κ1) is 22.3. The highest BCUT2D eigenvalue weighted by Gasteiger charge is 2.26. The molecular formula is C20H22ClNO7. The quantitative estimate of drug-likeness (QED) is 0.197. The van der Waals surface area contributed by atoms with Gasteiger partial charge in [-0.25, -0.2) is 4.79 Å². The smallest absolute Gasteiger partial charge is 0.493 e. The van der Waals surface area contributed by atoms with Gasteiger partial charge in [-0.1, -0.05) is 12.1 Å². The Hall–Kier alpha value is -3.00. The number of hydrogen-bond acceptors (Lipinski definition) is 7. The van der Waals surface area contributed by atoms with Crippen LogP contribution in [-0.2, 0) is 10.6 Å². The Morgan fingerprint density at radius 1 is 1.10 bits per heavy atom. The van der Waals surface area contributed by atoms with Gasteiger partial charge < -0.3 is 18.9 Å². The van der Waals surface area contributed by atoms with Crippen LogP contribution in [0.4, 0.5) is 10.5 Å². The number of rotatable bonds is 7. The minimum Gasteiger partial charge on any atom is -0.493 e. The first-order valence-electron chi connectivity index (χ1n) is 8.66. The van der Waals surface area contributed by atoms with E-state index in [1.807, 2.05) is 12.1 Å². The van der Waals surface area contributed by atoms with Gasteiger partial charge >= 0.3 is 6.16 Å². The van der Waals surface area contributed by atoms with Gasteiger partial charge in [-0.05, 0) is 43.5 Å². The number of alkyl halides is 1. The molecule has 1 atom stereocenters. The monoisotopic (exact) mass is 423 g/mol. The van der Waals surface area contributed by atoms with Gasteiger partial charge in [0.1, 0.15) is 11.9 Å². The fourth-order valence-corrected chi connectivity index (χ4v) is 3.12. The Kier molecular flexibility index (Phi) is 7.28. The molecule has 0 N–H and O–H groups in total. The van der Waals surface area contributed by atoms with Gasteiger partial charge in [0.2, 0.25) is 0 Å². The van der Waals surface area contributed by atoms with Gasteiger partial charge in [0.25, 0.3) is 5.69 Å². The molecule has 0 spiro atoms. The minimum absolute atomic E-state index is 0.149. The summed E-state index contributed by atoms with van der Waals surface area (Å²) in [6, 6.07) is 6.25. The molecule has 0 aliphatic carbocycles. The zero-order chi connectivity index (χ0) is 21.7. The molecule has 0 saturated heterocycles. The van der Waals surface area contributed by atoms with Crippen molar-refractivity contribution >= 4 is 23.4 Å². The van der Waals surface area contributed by atoms with Crippen molar-refractivity contribution in [2.45, 2.75) is 32.8 Å². The lowest BCUT2D eigenvalue weighted by atomic mass is 10.1. The summed E-state index contributed by atoms with van der Waals surface area (Å²) in [5, 5.41) is 11.4. The molecule has 8 nitrogen and oxygen atoms in total. The number of nitro benzene ring substituents is 1. The lowest BCUT2D eigenvalue weighted by Crippen LogP contribution is -2.15. The maximum absolute atomic E-state index is 12.3. The van der Waals surface area contributed by atoms with Crippen molar-refractivity contribution in [3.05, 3.63) is 56.6 Å². The van der Waals surface area contributed by atoms with Crippen LogP contribution in [0.3, 0.4) is 0 Å². The van der Waals surface area contributed by atoms with Crippen molar-refractivity contribution in [1.82, 2.24) is 0 Å². The molecule has 0 aromatic heterocycles. The first-order chi connectivity index (χ1) is 13.7. The highest BCUT2D eigenvalue weighted by atomic mass is 35.5. The molecule has 156 valence electrons. The molecule has 0 aliphatic rings. The van der Waals surface area contributed by atoms with E-state index in [-0.39, 0.29) is 22.7 Å². The molecule has 0 bridgehead atoms. The standard InChI is InChI=1S/C20H22ClNO7/c1-11-6-14(10-21)7-12(2)19(11)29-20(23)28-13(3)15-8-17(26-4)18(27-5)9-16(15)22(24)25/h6-9,13H,10H2,1-5H3. The number of carbonyl (C=O) groups excluding carboxylic acids is 1. The Balaban J connectivity index is 2.27. The second-order valence-corrected chi connectivity index (χ2v) is 6.59. The largest absolute Gasteiger partial charge is 0.514 e. The van der Waals surface area contributed by atoms with Crippen molar-refractivity contribution < 1.29 is 28.7 Å². The van der Waals surface area contributed by atoms with E-state index >= 15 is 0 Å². The molecule has 0 amide bonds. The zero-order valence-corrected chi connectivity index (χ0v) is 17.5. The summed E-state index contributed by atoms with van der Waals surface area (Å²) >= 11 is 5.85. The molecule has 9 heteroatoms. The normalized spacial score (nSPS) is 11.5. The second kappa shape index (κ2) is 9.47. The lowest BCUT2D eigenvalue weighted by Gasteiger charge is -2.17. The van der Waals surface area contributed by atoms with Gasteiger partial charge in [-0.2, -0.15) is 0 Å². The summed E-state index contributed by atoms with van der Waals surface area (Å²) in [6.45, 7) is 5.08. The number of nitro groups is 1. The summed E-state index contributed by atoms with van der Waals surface area (Å²) in [7, 11) is 2.78. The summed E-state index contributed by atoms with van der Waals surface area (Å²) < 4.78 is 20.9. The van der Waals surface area contributed by atoms with Gasteiger partial charge in [-0.3, -0.25) is 10.1 Å². The Labute approximate surface area is 173 Å². The fourth-order valence-electron chi connectivity index (χ4n) is 2.96. The average Bonchev–Trinajstić information content (AvgIpc) is 2.69. The molecule has 2 aromatic rings. The highest BCUT2D eigenvalue weighted by Crippen LogP contribution is 2.38. The van der Waals surface area contributed by atoms with Crippen molar-refractivity contribution in [2.24, 2.45) is 0 Å². The number of carbonyl (C=O) groups is 1. The molecule has 0 radical (unpaired) electrons. The third-order valence-electron chi connectivity index (χ3n) is 4.30. The molecule has 0 fully saturated rings. The second-order valence-electron chi connectivity index (χ2n) is 6.33. The molecule has 29 heavy (non-hydrogen) atoms. The van der Waals surface area contributed by atoms with Crippen LogP contribution in [0.25, 0.3) is 0 Å². The van der Waals surface area contributed by atoms with E-state index in [1.54, 1.807) is 13.8 Å². The Morgan fingerprint density at radius 2 is 1.66 bits per heavy atom. The van der Waals surface area contributed by atoms with Gasteiger partial charge in [0.05, 0.1) is 30.8 Å². The fraction of sp³-hybridized carbons (Fsp3) is 0.350. The van der Waals surface area contributed by atoms with Crippen molar-refractivity contribution in [2.75, 3.05) is 14.2 Å². The van der Waals surface area contributed by atoms with Gasteiger partial charge in [-0.15, -0.1) is 11.6 Å². The summed E-state index contributed by atoms with van der Waals surface area (Å²) in [6.07, 6.45) is -1.95. The molecular weight excluding hydrogens is 402 g/mol. The maximum atomic E-state index is 12.3. The maximum Gasteiger partial charge on any atom is 0.514 e. The minimum atomic E-state index is -0.980. The van der Waals surface area contributed by atoms with Crippen LogP contribution in [0.5, 0.6) is 17.2 Å². The third-order valence-corrected chi connectivity index (χ3v) is 4.61. The Morgan fingerprint density at radius 3 is 2.14 bits per heavy atom. The van der Waals surface area contributed by atoms with Crippen LogP contribution >= 0.6 is 11.6 Å². The van der Waals surface area contributed by atoms with E-state index in [0.29, 0.717) is 11.6 Å². The SMILES string of the molecule is COc1cc(C(C)OC(=O)Oc2c(C)cc(CCl)cc2C)c([N+](=O)[O-])cc1OC. The third kappa shape index (κ3) is 5.08. The number of nitrogens with zero attached hydrogens (tertiary/aromatic N) is 1. The van der Waals surface area contributed by atoms with E-state index in [1.165, 1.54) is 33.3 Å². The van der Waals surface area contributed by atoms with Crippen molar-refractivity contribution in [1.29, 1.82) is 0 Å². The highest BCUT2D eigenvalue weighted by molar-refractivity contribution is 6.17. The van der Waals surface area contributed by atoms with E-state index in [2.05, 4.69) is 0 Å². The molecule has 0 saturated carbocycles. The van der Waals surface area contributed by atoms with Crippen LogP contribution < -0.4 is 14.2 Å². The zero-order valence-electron chi connectivity index (χ0n) is 16.8. The van der Waals surface area contributed by atoms with E-state index in [0.717, 1.165) is 16.7 Å². The molecule has 1 unspecified atom stereocenters. The Bertz CT molecular complexity index is 906. The van der Waals surface area contributed by atoms with E-state index in [4.69, 9.17) is 30.5 Å². The molecule has 2 aromatic carbocycles. The van der Waals surface area contributed by atoms with Crippen molar-refractivity contribution in [3.63, 3.8) is 0 Å². The van der Waals surface area contributed by atoms with E-state index in [9.17, 15) is 14.9 Å². The lowest BCUT2D eigenvalue weighted by molar-refractivity contribution is -0.386. The van der Waals surface area contributed by atoms with Gasteiger partial charge in [0.15, 0.2) is 11.5 Å². The van der Waals surface area contributed by atoms with Crippen LogP contribution in [-0.4, -0.2) is 25.3 Å². The number of hydrogen-bond donors (Lipinski definition) is 0. The number of aryl methyl sites for hydroxylation is 2. The molecule has 0 aliphatic heterocycles. The van der Waals surface area contributed by atoms with Crippen LogP contribution in [0.15, 0.2) is 24.3 Å². The number of ether oxygens (including phenoxy) is 4. The number of halogens is 1. The summed E-state index contributed by atoms with van der Waals surface area (Å²) in [5.74, 6) is 1.17. The molecule has 2 rings (SSSR count). The van der Waals surface area contributed by atoms with Gasteiger partial charge in [0, 0.05) is 5.88 Å². The predicted molar refractivity (Wildman–Crippen MR) is 107 cm³/mol. The van der Waals surface area contributed by atoms with Crippen LogP contribution in [0.2, 0.25) is 0 Å². The van der Waals surface area contributed by atoms with E-state index < -0.39 is 17.2 Å². The topological polar surface area (TPSA) is 97.1 Å². The van der Waals surface area contributed by atoms with Crippen LogP contribution in [0, 0.1) is 24.0 Å². The van der Waals surface area contributed by atoms with Crippen LogP contribution in [0.1, 0.15) is 35.3 Å². The van der Waals surface area contributed by atoms with Crippen molar-refractivity contribution in [3.8, 4) is 17.2 Å². The first-order valence-corrected chi connectivity index (χ1v) is 9.20. The number of methoxy groups -OCH3 is 2. The summed E-state index contributed by atoms with van der Waals surface area (Å²) in [5.41, 5.74) is 2.23.